The van der Waals surface area contributed by atoms with Crippen LogP contribution in [-0.4, -0.2) is 0 Å². The highest BCUT2D eigenvalue weighted by molar-refractivity contribution is 7.26. The van der Waals surface area contributed by atoms with Crippen molar-refractivity contribution in [2.75, 3.05) is 4.90 Å². The largest absolute Gasteiger partial charge is 0.455 e. The van der Waals surface area contributed by atoms with Crippen molar-refractivity contribution in [2.45, 2.75) is 0 Å². The van der Waals surface area contributed by atoms with E-state index in [1.807, 2.05) is 11.3 Å². The number of nitrogens with zero attached hydrogens (tertiary/aromatic N) is 1. The van der Waals surface area contributed by atoms with Crippen LogP contribution >= 0.6 is 11.3 Å². The zero-order chi connectivity index (χ0) is 28.3. The first-order chi connectivity index (χ1) is 21.3. The molecule has 0 aliphatic heterocycles. The van der Waals surface area contributed by atoms with Crippen molar-refractivity contribution in [3.05, 3.63) is 152 Å². The average molecular weight is 568 g/mol. The van der Waals surface area contributed by atoms with E-state index in [-0.39, 0.29) is 0 Å². The van der Waals surface area contributed by atoms with Gasteiger partial charge in [0.25, 0.3) is 0 Å². The van der Waals surface area contributed by atoms with Gasteiger partial charge in [0.1, 0.15) is 11.2 Å². The molecular weight excluding hydrogens is 543 g/mol. The molecule has 0 saturated carbocycles. The van der Waals surface area contributed by atoms with E-state index in [0.29, 0.717) is 0 Å². The summed E-state index contributed by atoms with van der Waals surface area (Å²) < 4.78 is 9.20. The number of anilines is 3. The minimum absolute atomic E-state index is 0.887. The number of fused-ring (bicyclic) bond motifs is 8. The minimum atomic E-state index is 0.887. The Morgan fingerprint density at radius 1 is 0.488 bits per heavy atom. The molecule has 0 saturated heterocycles. The van der Waals surface area contributed by atoms with Gasteiger partial charge in [0.05, 0.1) is 11.1 Å². The van der Waals surface area contributed by atoms with Crippen LogP contribution in [0.4, 0.5) is 17.1 Å². The molecule has 43 heavy (non-hydrogen) atoms. The molecule has 0 aliphatic rings. The van der Waals surface area contributed by atoms with Crippen molar-refractivity contribution in [2.24, 2.45) is 0 Å². The van der Waals surface area contributed by atoms with Gasteiger partial charge >= 0.3 is 0 Å². The molecular formula is C40H25NOS. The van der Waals surface area contributed by atoms with Gasteiger partial charge in [-0.3, -0.25) is 0 Å². The molecule has 2 heterocycles. The molecule has 0 N–H and O–H groups in total. The normalized spacial score (nSPS) is 11.7. The Balaban J connectivity index is 1.23. The van der Waals surface area contributed by atoms with Gasteiger partial charge in [-0.15, -0.1) is 11.3 Å². The molecule has 0 spiro atoms. The molecule has 0 bridgehead atoms. The maximum atomic E-state index is 6.55. The van der Waals surface area contributed by atoms with Crippen molar-refractivity contribution < 1.29 is 4.42 Å². The van der Waals surface area contributed by atoms with Crippen LogP contribution in [0.3, 0.4) is 0 Å². The van der Waals surface area contributed by atoms with Crippen LogP contribution < -0.4 is 4.90 Å². The third kappa shape index (κ3) is 3.79. The van der Waals surface area contributed by atoms with E-state index >= 15 is 0 Å². The molecule has 0 radical (unpaired) electrons. The lowest BCUT2D eigenvalue weighted by atomic mass is 10.0. The summed E-state index contributed by atoms with van der Waals surface area (Å²) in [4.78, 5) is 2.34. The molecule has 202 valence electrons. The molecule has 2 nitrogen and oxygen atoms in total. The summed E-state index contributed by atoms with van der Waals surface area (Å²) in [6, 6.07) is 54.1. The van der Waals surface area contributed by atoms with Crippen LogP contribution in [0.25, 0.3) is 64.0 Å². The topological polar surface area (TPSA) is 16.4 Å². The second kappa shape index (κ2) is 9.59. The molecule has 9 rings (SSSR count). The lowest BCUT2D eigenvalue weighted by molar-refractivity contribution is 0.672. The summed E-state index contributed by atoms with van der Waals surface area (Å²) in [7, 11) is 0. The molecule has 0 fully saturated rings. The lowest BCUT2D eigenvalue weighted by Crippen LogP contribution is -2.10. The fraction of sp³-hybridized carbons (Fsp3) is 0. The van der Waals surface area contributed by atoms with E-state index in [2.05, 4.69) is 157 Å². The summed E-state index contributed by atoms with van der Waals surface area (Å²) in [5, 5.41) is 7.20. The number of rotatable bonds is 4. The van der Waals surface area contributed by atoms with Crippen LogP contribution in [0, 0.1) is 0 Å². The van der Waals surface area contributed by atoms with E-state index < -0.39 is 0 Å². The number of benzene rings is 7. The molecule has 9 aromatic rings. The Labute approximate surface area is 252 Å². The number of thiophene rings is 1. The number of hydrogen-bond donors (Lipinski definition) is 0. The molecule has 3 heteroatoms. The third-order valence-corrected chi connectivity index (χ3v) is 9.68. The Morgan fingerprint density at radius 3 is 2.09 bits per heavy atom. The van der Waals surface area contributed by atoms with Gasteiger partial charge in [-0.2, -0.15) is 0 Å². The zero-order valence-electron chi connectivity index (χ0n) is 23.2. The zero-order valence-corrected chi connectivity index (χ0v) is 24.0. The van der Waals surface area contributed by atoms with Crippen molar-refractivity contribution >= 4 is 81.3 Å². The van der Waals surface area contributed by atoms with E-state index in [0.717, 1.165) is 44.4 Å². The number of hydrogen-bond acceptors (Lipinski definition) is 3. The maximum absolute atomic E-state index is 6.55. The highest BCUT2D eigenvalue weighted by atomic mass is 32.1. The summed E-state index contributed by atoms with van der Waals surface area (Å²) in [5.74, 6) is 0. The van der Waals surface area contributed by atoms with Gasteiger partial charge in [-0.05, 0) is 65.0 Å². The average Bonchev–Trinajstić information content (AvgIpc) is 3.65. The maximum Gasteiger partial charge on any atom is 0.143 e. The van der Waals surface area contributed by atoms with Gasteiger partial charge in [-0.1, -0.05) is 103 Å². The van der Waals surface area contributed by atoms with Gasteiger partial charge in [0, 0.05) is 42.3 Å². The second-order valence-electron chi connectivity index (χ2n) is 10.9. The van der Waals surface area contributed by atoms with Gasteiger partial charge in [0.2, 0.25) is 0 Å². The molecule has 0 amide bonds. The Hall–Kier alpha value is -5.38. The molecule has 7 aromatic carbocycles. The van der Waals surface area contributed by atoms with Gasteiger partial charge < -0.3 is 9.32 Å². The van der Waals surface area contributed by atoms with Gasteiger partial charge in [0.15, 0.2) is 0 Å². The summed E-state index contributed by atoms with van der Waals surface area (Å²) in [5.41, 5.74) is 7.60. The Morgan fingerprint density at radius 2 is 1.21 bits per heavy atom. The monoisotopic (exact) mass is 567 g/mol. The van der Waals surface area contributed by atoms with Crippen molar-refractivity contribution in [1.29, 1.82) is 0 Å². The molecule has 2 aromatic heterocycles. The first-order valence-corrected chi connectivity index (χ1v) is 15.3. The molecule has 0 atom stereocenters. The SMILES string of the molecule is c1ccc(N(c2ccc(-c3cccc4c3sc3ccccc34)cc2)c2cccc3oc4c5ccccc5ccc4c23)cc1. The van der Waals surface area contributed by atoms with Crippen LogP contribution in [0.2, 0.25) is 0 Å². The highest BCUT2D eigenvalue weighted by Crippen LogP contribution is 2.45. The predicted molar refractivity (Wildman–Crippen MR) is 184 cm³/mol. The fourth-order valence-electron chi connectivity index (χ4n) is 6.49. The van der Waals surface area contributed by atoms with Crippen LogP contribution in [0.5, 0.6) is 0 Å². The van der Waals surface area contributed by atoms with E-state index in [4.69, 9.17) is 4.42 Å². The predicted octanol–water partition coefficient (Wildman–Crippen LogP) is 12.2. The van der Waals surface area contributed by atoms with Gasteiger partial charge in [-0.25, -0.2) is 0 Å². The molecule has 0 aliphatic carbocycles. The number of para-hydroxylation sites is 1. The first kappa shape index (κ1) is 24.2. The van der Waals surface area contributed by atoms with E-state index in [9.17, 15) is 0 Å². The minimum Gasteiger partial charge on any atom is -0.455 e. The Kier molecular flexibility index (Phi) is 5.40. The highest BCUT2D eigenvalue weighted by Gasteiger charge is 2.20. The lowest BCUT2D eigenvalue weighted by Gasteiger charge is -2.26. The summed E-state index contributed by atoms with van der Waals surface area (Å²) >= 11 is 1.87. The smallest absolute Gasteiger partial charge is 0.143 e. The number of furan rings is 1. The summed E-state index contributed by atoms with van der Waals surface area (Å²) in [6.07, 6.45) is 0. The van der Waals surface area contributed by atoms with E-state index in [1.165, 1.54) is 36.7 Å². The van der Waals surface area contributed by atoms with Crippen molar-refractivity contribution in [3.63, 3.8) is 0 Å². The quantitative estimate of drug-likeness (QED) is 0.210. The van der Waals surface area contributed by atoms with Crippen molar-refractivity contribution in [3.8, 4) is 11.1 Å². The van der Waals surface area contributed by atoms with Crippen LogP contribution in [-0.2, 0) is 0 Å². The second-order valence-corrected chi connectivity index (χ2v) is 12.0. The fourth-order valence-corrected chi connectivity index (χ4v) is 7.73. The third-order valence-electron chi connectivity index (χ3n) is 8.46. The van der Waals surface area contributed by atoms with Crippen molar-refractivity contribution in [1.82, 2.24) is 0 Å². The Bertz CT molecular complexity index is 2450. The standard InChI is InChI=1S/C40H25NOS/c1-2-11-28(12-3-1)41(35-17-9-18-36-38(35)34-25-22-26-10-4-5-13-30(26)39(34)42-36)29-23-20-27(21-24-29)31-15-8-16-33-32-14-6-7-19-37(32)43-40(31)33/h1-25H. The van der Waals surface area contributed by atoms with Crippen LogP contribution in [0.15, 0.2) is 156 Å². The van der Waals surface area contributed by atoms with Crippen LogP contribution in [0.1, 0.15) is 0 Å². The summed E-state index contributed by atoms with van der Waals surface area (Å²) in [6.45, 7) is 0. The van der Waals surface area contributed by atoms with E-state index in [1.54, 1.807) is 0 Å². The first-order valence-electron chi connectivity index (χ1n) is 14.5. The molecule has 0 unspecified atom stereocenters.